The van der Waals surface area contributed by atoms with Gasteiger partial charge in [-0.2, -0.15) is 0 Å². The number of H-pyrrole nitrogens is 1. The summed E-state index contributed by atoms with van der Waals surface area (Å²) in [4.78, 5) is 19.1. The normalized spacial score (nSPS) is 20.1. The summed E-state index contributed by atoms with van der Waals surface area (Å²) in [5.41, 5.74) is 9.53. The lowest BCUT2D eigenvalue weighted by Crippen LogP contribution is -2.44. The molecule has 8 heteroatoms. The molecule has 5 rings (SSSR count). The molecule has 0 unspecified atom stereocenters. The van der Waals surface area contributed by atoms with Crippen LogP contribution in [0.5, 0.6) is 0 Å². The quantitative estimate of drug-likeness (QED) is 0.603. The highest BCUT2D eigenvalue weighted by Gasteiger charge is 2.38. The highest BCUT2D eigenvalue weighted by molar-refractivity contribution is 8.01. The Balaban J connectivity index is 1.44. The van der Waals surface area contributed by atoms with E-state index in [1.54, 1.807) is 0 Å². The third-order valence-electron chi connectivity index (χ3n) is 6.24. The number of rotatable bonds is 4. The van der Waals surface area contributed by atoms with Gasteiger partial charge >= 0.3 is 0 Å². The van der Waals surface area contributed by atoms with Gasteiger partial charge in [0.05, 0.1) is 11.8 Å². The summed E-state index contributed by atoms with van der Waals surface area (Å²) in [6, 6.07) is 8.68. The predicted octanol–water partition coefficient (Wildman–Crippen LogP) is 4.40. The van der Waals surface area contributed by atoms with E-state index in [-0.39, 0.29) is 11.9 Å². The lowest BCUT2D eigenvalue weighted by atomic mass is 9.79. The zero-order chi connectivity index (χ0) is 19.8. The number of thioether (sulfide) groups is 1. The van der Waals surface area contributed by atoms with Crippen LogP contribution in [0.2, 0.25) is 0 Å². The molecule has 1 aliphatic heterocycles. The molecular weight excluding hydrogens is 402 g/mol. The van der Waals surface area contributed by atoms with Crippen LogP contribution >= 0.6 is 23.1 Å². The molecule has 152 valence electrons. The van der Waals surface area contributed by atoms with E-state index in [1.165, 1.54) is 77.4 Å². The number of nitrogens with zero attached hydrogens (tertiary/aromatic N) is 3. The van der Waals surface area contributed by atoms with Gasteiger partial charge in [-0.25, -0.2) is 0 Å². The minimum Gasteiger partial charge on any atom is -0.374 e. The summed E-state index contributed by atoms with van der Waals surface area (Å²) in [6.45, 7) is 0.785. The number of nitrogens with two attached hydrogens (primary N) is 1. The van der Waals surface area contributed by atoms with Crippen molar-refractivity contribution in [3.63, 3.8) is 0 Å². The number of aromatic amines is 1. The van der Waals surface area contributed by atoms with E-state index in [0.29, 0.717) is 16.8 Å². The van der Waals surface area contributed by atoms with Crippen molar-refractivity contribution in [2.24, 2.45) is 5.92 Å². The molecule has 0 bridgehead atoms. The van der Waals surface area contributed by atoms with Gasteiger partial charge in [0.1, 0.15) is 0 Å². The number of para-hydroxylation sites is 1. The molecule has 1 fully saturated rings. The van der Waals surface area contributed by atoms with Crippen LogP contribution in [0.25, 0.3) is 10.9 Å². The third kappa shape index (κ3) is 3.64. The van der Waals surface area contributed by atoms with Crippen LogP contribution in [-0.4, -0.2) is 38.3 Å². The number of nitrogen functional groups attached to an aromatic ring is 1. The second kappa shape index (κ2) is 7.99. The van der Waals surface area contributed by atoms with Gasteiger partial charge in [0.25, 0.3) is 0 Å². The Morgan fingerprint density at radius 1 is 1.24 bits per heavy atom. The van der Waals surface area contributed by atoms with Crippen LogP contribution in [0.4, 0.5) is 5.13 Å². The largest absolute Gasteiger partial charge is 0.374 e. The maximum Gasteiger partial charge on any atom is 0.233 e. The molecule has 6 nitrogen and oxygen atoms in total. The minimum absolute atomic E-state index is 0.152. The second-order valence-electron chi connectivity index (χ2n) is 7.94. The molecule has 1 aliphatic carbocycles. The fourth-order valence-corrected chi connectivity index (χ4v) is 6.50. The molecule has 3 aromatic rings. The molecular formula is C21H25N5OS2. The first-order valence-corrected chi connectivity index (χ1v) is 12.1. The molecule has 3 N–H and O–H groups in total. The molecule has 0 spiro atoms. The Hall–Kier alpha value is -2.06. The SMILES string of the molecule is Nc1nnc(SCC(=O)N2CCc3c([nH]c4ccccc34)[C@@H]2C2CCCCC2)s1. The van der Waals surface area contributed by atoms with Gasteiger partial charge in [-0.05, 0) is 36.8 Å². The number of hydrogen-bond donors (Lipinski definition) is 2. The van der Waals surface area contributed by atoms with Crippen LogP contribution in [-0.2, 0) is 11.2 Å². The molecule has 2 aromatic heterocycles. The molecule has 0 saturated heterocycles. The first kappa shape index (κ1) is 18.9. The lowest BCUT2D eigenvalue weighted by Gasteiger charge is -2.41. The highest BCUT2D eigenvalue weighted by atomic mass is 32.2. The van der Waals surface area contributed by atoms with Crippen LogP contribution in [0.15, 0.2) is 28.6 Å². The summed E-state index contributed by atoms with van der Waals surface area (Å²) < 4.78 is 0.758. The maximum absolute atomic E-state index is 13.3. The van der Waals surface area contributed by atoms with Crippen LogP contribution in [0.3, 0.4) is 0 Å². The Morgan fingerprint density at radius 3 is 2.86 bits per heavy atom. The van der Waals surface area contributed by atoms with Gasteiger partial charge in [-0.1, -0.05) is 60.6 Å². The van der Waals surface area contributed by atoms with Crippen LogP contribution in [0.1, 0.15) is 49.4 Å². The smallest absolute Gasteiger partial charge is 0.233 e. The van der Waals surface area contributed by atoms with Gasteiger partial charge in [0.2, 0.25) is 11.0 Å². The number of hydrogen-bond acceptors (Lipinski definition) is 6. The minimum atomic E-state index is 0.152. The number of anilines is 1. The van der Waals surface area contributed by atoms with E-state index in [0.717, 1.165) is 17.3 Å². The average Bonchev–Trinajstić information content (AvgIpc) is 3.35. The molecule has 29 heavy (non-hydrogen) atoms. The van der Waals surface area contributed by atoms with E-state index in [4.69, 9.17) is 5.73 Å². The standard InChI is InChI=1S/C21H25N5OS2/c22-20-24-25-21(29-20)28-12-17(27)26-11-10-15-14-8-4-5-9-16(14)23-18(15)19(26)13-6-2-1-3-7-13/h4-5,8-9,13,19,23H,1-3,6-7,10-12H2,(H2,22,24)/t19-/m0/s1. The number of fused-ring (bicyclic) bond motifs is 3. The van der Waals surface area contributed by atoms with E-state index in [9.17, 15) is 4.79 Å². The van der Waals surface area contributed by atoms with Gasteiger partial charge in [0.15, 0.2) is 4.34 Å². The predicted molar refractivity (Wildman–Crippen MR) is 118 cm³/mol. The Labute approximate surface area is 178 Å². The van der Waals surface area contributed by atoms with Crippen molar-refractivity contribution in [3.05, 3.63) is 35.5 Å². The molecule has 0 radical (unpaired) electrons. The molecule has 1 atom stereocenters. The summed E-state index contributed by atoms with van der Waals surface area (Å²) in [7, 11) is 0. The summed E-state index contributed by atoms with van der Waals surface area (Å²) in [5, 5.41) is 9.64. The van der Waals surface area contributed by atoms with Crippen molar-refractivity contribution >= 4 is 45.0 Å². The first-order valence-electron chi connectivity index (χ1n) is 10.3. The van der Waals surface area contributed by atoms with Gasteiger partial charge in [-0.15, -0.1) is 10.2 Å². The molecule has 1 aromatic carbocycles. The monoisotopic (exact) mass is 427 g/mol. The zero-order valence-electron chi connectivity index (χ0n) is 16.3. The van der Waals surface area contributed by atoms with E-state index in [2.05, 4.69) is 44.3 Å². The van der Waals surface area contributed by atoms with Crippen LogP contribution < -0.4 is 5.73 Å². The van der Waals surface area contributed by atoms with Gasteiger partial charge in [-0.3, -0.25) is 4.79 Å². The zero-order valence-corrected chi connectivity index (χ0v) is 17.9. The third-order valence-corrected chi connectivity index (χ3v) is 8.11. The van der Waals surface area contributed by atoms with Crippen molar-refractivity contribution < 1.29 is 4.79 Å². The van der Waals surface area contributed by atoms with E-state index < -0.39 is 0 Å². The van der Waals surface area contributed by atoms with Crippen molar-refractivity contribution in [2.75, 3.05) is 18.0 Å². The highest BCUT2D eigenvalue weighted by Crippen LogP contribution is 2.44. The Bertz CT molecular complexity index is 1020. The molecule has 1 amide bonds. The van der Waals surface area contributed by atoms with E-state index in [1.807, 2.05) is 0 Å². The van der Waals surface area contributed by atoms with Gasteiger partial charge in [0, 0.05) is 23.1 Å². The van der Waals surface area contributed by atoms with Crippen molar-refractivity contribution in [1.29, 1.82) is 0 Å². The number of carbonyl (C=O) groups is 1. The number of amides is 1. The maximum atomic E-state index is 13.3. The Morgan fingerprint density at radius 2 is 2.07 bits per heavy atom. The average molecular weight is 428 g/mol. The van der Waals surface area contributed by atoms with Crippen molar-refractivity contribution in [2.45, 2.75) is 48.9 Å². The molecule has 2 aliphatic rings. The topological polar surface area (TPSA) is 87.9 Å². The van der Waals surface area contributed by atoms with Crippen molar-refractivity contribution in [1.82, 2.24) is 20.1 Å². The molecule has 1 saturated carbocycles. The fraction of sp³-hybridized carbons (Fsp3) is 0.476. The molecule has 3 heterocycles. The first-order chi connectivity index (χ1) is 14.2. The Kier molecular flexibility index (Phi) is 5.22. The number of aromatic nitrogens is 3. The fourth-order valence-electron chi connectivity index (χ4n) is 4.97. The summed E-state index contributed by atoms with van der Waals surface area (Å²) >= 11 is 2.78. The van der Waals surface area contributed by atoms with E-state index >= 15 is 0 Å². The van der Waals surface area contributed by atoms with Crippen LogP contribution in [0, 0.1) is 5.92 Å². The van der Waals surface area contributed by atoms with Crippen molar-refractivity contribution in [3.8, 4) is 0 Å². The second-order valence-corrected chi connectivity index (χ2v) is 10.2. The van der Waals surface area contributed by atoms with Gasteiger partial charge < -0.3 is 15.6 Å². The number of nitrogens with one attached hydrogen (secondary N) is 1. The summed E-state index contributed by atoms with van der Waals surface area (Å²) in [5.74, 6) is 1.10. The lowest BCUT2D eigenvalue weighted by molar-refractivity contribution is -0.133. The number of benzene rings is 1. The number of carbonyl (C=O) groups excluding carboxylic acids is 1. The summed E-state index contributed by atoms with van der Waals surface area (Å²) in [6.07, 6.45) is 7.14.